The molecule has 58 heavy (non-hydrogen) atoms. The first-order valence-electron chi connectivity index (χ1n) is 19.4. The molecule has 272 valence electrons. The zero-order valence-corrected chi connectivity index (χ0v) is 31.7. The molecular weight excluding hydrogens is 705 g/mol. The van der Waals surface area contributed by atoms with Gasteiger partial charge in [-0.2, -0.15) is 0 Å². The lowest BCUT2D eigenvalue weighted by Gasteiger charge is -2.18. The fourth-order valence-electron chi connectivity index (χ4n) is 8.12. The maximum atomic E-state index is 5.17. The van der Waals surface area contributed by atoms with Crippen LogP contribution in [-0.4, -0.2) is 19.9 Å². The van der Waals surface area contributed by atoms with E-state index in [9.17, 15) is 0 Å². The highest BCUT2D eigenvalue weighted by Crippen LogP contribution is 2.42. The van der Waals surface area contributed by atoms with Gasteiger partial charge in [0.2, 0.25) is 0 Å². The Balaban J connectivity index is 1.24. The Hall–Kier alpha value is -7.82. The number of nitrogens with zero attached hydrogens (tertiary/aromatic N) is 4. The zero-order valence-electron chi connectivity index (χ0n) is 31.7. The van der Waals surface area contributed by atoms with Gasteiger partial charge in [0.1, 0.15) is 0 Å². The minimum absolute atomic E-state index is 0.597. The Labute approximate surface area is 337 Å². The lowest BCUT2D eigenvalue weighted by atomic mass is 9.86. The lowest BCUT2D eigenvalue weighted by molar-refractivity contribution is 1.07. The second kappa shape index (κ2) is 14.7. The monoisotopic (exact) mass is 740 g/mol. The average molecular weight is 741 g/mol. The topological polar surface area (TPSA) is 51.6 Å². The molecule has 0 amide bonds. The van der Waals surface area contributed by atoms with Gasteiger partial charge in [-0.15, -0.1) is 0 Å². The van der Waals surface area contributed by atoms with E-state index in [1.54, 1.807) is 0 Å². The predicted octanol–water partition coefficient (Wildman–Crippen LogP) is 14.0. The molecular formula is C54H36N4. The van der Waals surface area contributed by atoms with E-state index in [2.05, 4.69) is 127 Å². The van der Waals surface area contributed by atoms with Gasteiger partial charge >= 0.3 is 0 Å². The fourth-order valence-corrected chi connectivity index (χ4v) is 8.12. The van der Waals surface area contributed by atoms with Crippen LogP contribution in [0.2, 0.25) is 0 Å². The minimum atomic E-state index is 0.597. The van der Waals surface area contributed by atoms with Crippen molar-refractivity contribution in [1.29, 1.82) is 0 Å². The van der Waals surface area contributed by atoms with Crippen molar-refractivity contribution >= 4 is 44.6 Å². The second-order valence-electron chi connectivity index (χ2n) is 14.3. The van der Waals surface area contributed by atoms with Gasteiger partial charge in [0.05, 0.1) is 5.52 Å². The first kappa shape index (κ1) is 34.7. The summed E-state index contributed by atoms with van der Waals surface area (Å²) in [6.45, 7) is 8.45. The van der Waals surface area contributed by atoms with Crippen LogP contribution in [-0.2, 0) is 0 Å². The summed E-state index contributed by atoms with van der Waals surface area (Å²) in [4.78, 5) is 19.9. The molecule has 0 fully saturated rings. The van der Waals surface area contributed by atoms with E-state index >= 15 is 0 Å². The number of fused-ring (bicyclic) bond motifs is 4. The lowest BCUT2D eigenvalue weighted by Crippen LogP contribution is -2.00. The number of hydrogen-bond acceptors (Lipinski definition) is 4. The fraction of sp³-hybridized carbons (Fsp3) is 0. The van der Waals surface area contributed by atoms with Gasteiger partial charge < -0.3 is 0 Å². The van der Waals surface area contributed by atoms with Crippen molar-refractivity contribution in [2.75, 3.05) is 0 Å². The molecule has 0 saturated carbocycles. The molecule has 0 aliphatic heterocycles. The summed E-state index contributed by atoms with van der Waals surface area (Å²) in [5.74, 6) is 1.83. The van der Waals surface area contributed by atoms with Gasteiger partial charge in [-0.3, -0.25) is 4.98 Å². The molecule has 2 heterocycles. The number of hydrogen-bond donors (Lipinski definition) is 0. The number of rotatable bonds is 8. The molecule has 0 bridgehead atoms. The summed E-state index contributed by atoms with van der Waals surface area (Å²) in [5.41, 5.74) is 12.4. The molecule has 0 spiro atoms. The summed E-state index contributed by atoms with van der Waals surface area (Å²) in [5, 5.41) is 5.69. The molecule has 0 saturated heterocycles. The summed E-state index contributed by atoms with van der Waals surface area (Å²) in [6.07, 6.45) is 5.73. The van der Waals surface area contributed by atoms with Crippen molar-refractivity contribution in [3.05, 3.63) is 206 Å². The van der Waals surface area contributed by atoms with E-state index in [-0.39, 0.29) is 0 Å². The molecule has 0 atom stereocenters. The van der Waals surface area contributed by atoms with Crippen LogP contribution >= 0.6 is 0 Å². The van der Waals surface area contributed by atoms with Gasteiger partial charge in [-0.25, -0.2) is 15.0 Å². The number of benzene rings is 8. The molecule has 4 nitrogen and oxygen atoms in total. The third-order valence-corrected chi connectivity index (χ3v) is 10.9. The van der Waals surface area contributed by atoms with E-state index in [1.807, 2.05) is 85.1 Å². The molecule has 0 radical (unpaired) electrons. The predicted molar refractivity (Wildman–Crippen MR) is 243 cm³/mol. The highest BCUT2D eigenvalue weighted by molar-refractivity contribution is 6.19. The Morgan fingerprint density at radius 1 is 0.362 bits per heavy atom. The van der Waals surface area contributed by atoms with Crippen LogP contribution in [0.5, 0.6) is 0 Å². The third-order valence-electron chi connectivity index (χ3n) is 10.9. The van der Waals surface area contributed by atoms with Crippen LogP contribution in [0, 0.1) is 0 Å². The van der Waals surface area contributed by atoms with Gasteiger partial charge in [0, 0.05) is 28.3 Å². The summed E-state index contributed by atoms with van der Waals surface area (Å²) >= 11 is 0. The van der Waals surface area contributed by atoms with Crippen LogP contribution < -0.4 is 0 Å². The van der Waals surface area contributed by atoms with E-state index < -0.39 is 0 Å². The van der Waals surface area contributed by atoms with Crippen LogP contribution in [0.15, 0.2) is 195 Å². The first-order chi connectivity index (χ1) is 28.6. The molecule has 8 aromatic carbocycles. The molecule has 0 aliphatic rings. The SMILES string of the molecule is C=Cc1c(C=C)c2cccc(-c3cc(-c4cccc(-c5ccc6ncccc6c5)c4)cc(-c4nc(-c5ccccc5)nc(-c5ccccc5)n4)c3)c2c2ccccc12. The van der Waals surface area contributed by atoms with E-state index in [1.165, 1.54) is 0 Å². The molecule has 0 N–H and O–H groups in total. The molecule has 0 aliphatic carbocycles. The molecule has 10 rings (SSSR count). The maximum Gasteiger partial charge on any atom is 0.164 e. The van der Waals surface area contributed by atoms with Crippen LogP contribution in [0.25, 0.3) is 112 Å². The summed E-state index contributed by atoms with van der Waals surface area (Å²) < 4.78 is 0. The van der Waals surface area contributed by atoms with Crippen molar-refractivity contribution in [3.63, 3.8) is 0 Å². The van der Waals surface area contributed by atoms with Crippen molar-refractivity contribution in [2.24, 2.45) is 0 Å². The standard InChI is InChI=1S/C54H36N4/c1-3-44-45(4-2)48-26-14-25-46(51(48)49-24-12-11-23-47(44)49)42-32-41(38-21-13-20-37(30-38)39-27-28-50-40(31-39)22-15-29-55-50)33-43(34-42)54-57-52(35-16-7-5-8-17-35)56-53(58-54)36-18-9-6-10-19-36/h3-34H,1-2H2. The molecule has 0 unspecified atom stereocenters. The number of aromatic nitrogens is 4. The Kier molecular flexibility index (Phi) is 8.77. The Morgan fingerprint density at radius 3 is 1.59 bits per heavy atom. The van der Waals surface area contributed by atoms with E-state index in [0.29, 0.717) is 17.5 Å². The molecule has 2 aromatic heterocycles. The van der Waals surface area contributed by atoms with Gasteiger partial charge in [-0.1, -0.05) is 159 Å². The van der Waals surface area contributed by atoms with Gasteiger partial charge in [0.15, 0.2) is 17.5 Å². The van der Waals surface area contributed by atoms with Gasteiger partial charge in [-0.05, 0) is 109 Å². The quantitative estimate of drug-likeness (QED) is 0.146. The smallest absolute Gasteiger partial charge is 0.164 e. The van der Waals surface area contributed by atoms with Crippen molar-refractivity contribution in [3.8, 4) is 67.5 Å². The average Bonchev–Trinajstić information content (AvgIpc) is 3.31. The normalized spacial score (nSPS) is 11.2. The highest BCUT2D eigenvalue weighted by atomic mass is 15.0. The van der Waals surface area contributed by atoms with Gasteiger partial charge in [0.25, 0.3) is 0 Å². The van der Waals surface area contributed by atoms with Crippen molar-refractivity contribution in [2.45, 2.75) is 0 Å². The van der Waals surface area contributed by atoms with Crippen LogP contribution in [0.3, 0.4) is 0 Å². The maximum absolute atomic E-state index is 5.17. The Morgan fingerprint density at radius 2 is 0.879 bits per heavy atom. The van der Waals surface area contributed by atoms with Crippen molar-refractivity contribution in [1.82, 2.24) is 19.9 Å². The largest absolute Gasteiger partial charge is 0.256 e. The van der Waals surface area contributed by atoms with E-state index in [4.69, 9.17) is 15.0 Å². The highest BCUT2D eigenvalue weighted by Gasteiger charge is 2.18. The zero-order chi connectivity index (χ0) is 39.0. The van der Waals surface area contributed by atoms with Crippen molar-refractivity contribution < 1.29 is 0 Å². The minimum Gasteiger partial charge on any atom is -0.256 e. The summed E-state index contributed by atoms with van der Waals surface area (Å²) in [6, 6.07) is 61.4. The molecule has 4 heteroatoms. The Bertz CT molecular complexity index is 3150. The summed E-state index contributed by atoms with van der Waals surface area (Å²) in [7, 11) is 0. The number of pyridine rings is 1. The second-order valence-corrected chi connectivity index (χ2v) is 14.3. The van der Waals surface area contributed by atoms with Crippen LogP contribution in [0.1, 0.15) is 11.1 Å². The van der Waals surface area contributed by atoms with Crippen LogP contribution in [0.4, 0.5) is 0 Å². The third kappa shape index (κ3) is 6.23. The van der Waals surface area contributed by atoms with E-state index in [0.717, 1.165) is 93.6 Å². The first-order valence-corrected chi connectivity index (χ1v) is 19.4. The molecule has 10 aromatic rings.